The van der Waals surface area contributed by atoms with Crippen LogP contribution in [0.5, 0.6) is 0 Å². The maximum Gasteiger partial charge on any atom is 0.243 e. The minimum absolute atomic E-state index is 0.131. The van der Waals surface area contributed by atoms with Crippen LogP contribution >= 0.6 is 0 Å². The average molecular weight is 321 g/mol. The van der Waals surface area contributed by atoms with E-state index < -0.39 is 15.8 Å². The van der Waals surface area contributed by atoms with Gasteiger partial charge in [-0.2, -0.15) is 4.31 Å². The van der Waals surface area contributed by atoms with E-state index in [-0.39, 0.29) is 10.8 Å². The quantitative estimate of drug-likeness (QED) is 0.869. The standard InChI is InChI=1S/C15H16FN3O2S/c16-13-1-3-14(4-2-13)22(20,21)19-9-5-12(6-10-19)15-11-17-7-8-18-15/h1-4,7-8,11-12H,5-6,9-10H2. The Hall–Kier alpha value is -1.86. The molecular formula is C15H16FN3O2S. The summed E-state index contributed by atoms with van der Waals surface area (Å²) < 4.78 is 39.4. The van der Waals surface area contributed by atoms with Crippen molar-refractivity contribution in [3.8, 4) is 0 Å². The van der Waals surface area contributed by atoms with Crippen LogP contribution in [-0.2, 0) is 10.0 Å². The number of halogens is 1. The zero-order valence-corrected chi connectivity index (χ0v) is 12.7. The van der Waals surface area contributed by atoms with Crippen molar-refractivity contribution in [2.45, 2.75) is 23.7 Å². The SMILES string of the molecule is O=S(=O)(c1ccc(F)cc1)N1CCC(c2cnccn2)CC1. The molecule has 0 bridgehead atoms. The van der Waals surface area contributed by atoms with E-state index in [9.17, 15) is 12.8 Å². The van der Waals surface area contributed by atoms with Gasteiger partial charge in [-0.1, -0.05) is 0 Å². The highest BCUT2D eigenvalue weighted by Crippen LogP contribution is 2.29. The smallest absolute Gasteiger partial charge is 0.243 e. The molecule has 22 heavy (non-hydrogen) atoms. The molecular weight excluding hydrogens is 305 g/mol. The van der Waals surface area contributed by atoms with Crippen LogP contribution in [0, 0.1) is 5.82 Å². The number of hydrogen-bond donors (Lipinski definition) is 0. The molecule has 0 atom stereocenters. The minimum Gasteiger partial charge on any atom is -0.261 e. The summed E-state index contributed by atoms with van der Waals surface area (Å²) in [5.74, 6) is -0.214. The van der Waals surface area contributed by atoms with Gasteiger partial charge >= 0.3 is 0 Å². The molecule has 116 valence electrons. The summed E-state index contributed by atoms with van der Waals surface area (Å²) in [5.41, 5.74) is 0.904. The number of hydrogen-bond acceptors (Lipinski definition) is 4. The summed E-state index contributed by atoms with van der Waals surface area (Å²) in [7, 11) is -3.55. The highest BCUT2D eigenvalue weighted by Gasteiger charge is 2.30. The maximum atomic E-state index is 12.9. The van der Waals surface area contributed by atoms with Crippen LogP contribution in [0.3, 0.4) is 0 Å². The largest absolute Gasteiger partial charge is 0.261 e. The molecule has 7 heteroatoms. The van der Waals surface area contributed by atoms with Crippen LogP contribution in [-0.4, -0.2) is 35.8 Å². The van der Waals surface area contributed by atoms with Crippen LogP contribution in [0.15, 0.2) is 47.8 Å². The van der Waals surface area contributed by atoms with Crippen molar-refractivity contribution in [1.82, 2.24) is 14.3 Å². The van der Waals surface area contributed by atoms with Crippen molar-refractivity contribution >= 4 is 10.0 Å². The van der Waals surface area contributed by atoms with E-state index in [1.165, 1.54) is 28.6 Å². The van der Waals surface area contributed by atoms with Crippen LogP contribution in [0.25, 0.3) is 0 Å². The predicted octanol–water partition coefficient (Wildman–Crippen LogP) is 2.18. The van der Waals surface area contributed by atoms with Crippen molar-refractivity contribution in [3.63, 3.8) is 0 Å². The van der Waals surface area contributed by atoms with Gasteiger partial charge in [0.05, 0.1) is 10.6 Å². The molecule has 1 saturated heterocycles. The fourth-order valence-electron chi connectivity index (χ4n) is 2.67. The lowest BCUT2D eigenvalue weighted by Gasteiger charge is -2.30. The molecule has 0 aliphatic carbocycles. The summed E-state index contributed by atoms with van der Waals surface area (Å²) in [5, 5.41) is 0. The molecule has 1 aliphatic heterocycles. The van der Waals surface area contributed by atoms with E-state index in [1.54, 1.807) is 18.6 Å². The molecule has 2 heterocycles. The van der Waals surface area contributed by atoms with Crippen LogP contribution in [0.4, 0.5) is 4.39 Å². The van der Waals surface area contributed by atoms with Gasteiger partial charge in [-0.3, -0.25) is 9.97 Å². The first-order valence-corrected chi connectivity index (χ1v) is 8.53. The number of rotatable bonds is 3. The van der Waals surface area contributed by atoms with Gasteiger partial charge in [-0.25, -0.2) is 12.8 Å². The third-order valence-corrected chi connectivity index (χ3v) is 5.82. The molecule has 1 aromatic carbocycles. The van der Waals surface area contributed by atoms with Crippen molar-refractivity contribution < 1.29 is 12.8 Å². The number of nitrogens with zero attached hydrogens (tertiary/aromatic N) is 3. The van der Waals surface area contributed by atoms with Crippen LogP contribution < -0.4 is 0 Å². The molecule has 1 aromatic heterocycles. The van der Waals surface area contributed by atoms with Gasteiger partial charge in [-0.15, -0.1) is 0 Å². The molecule has 0 unspecified atom stereocenters. The first kappa shape index (κ1) is 15.1. The number of sulfonamides is 1. The Bertz CT molecular complexity index is 727. The molecule has 1 aliphatic rings. The summed E-state index contributed by atoms with van der Waals surface area (Å²) in [4.78, 5) is 8.47. The Morgan fingerprint density at radius 2 is 1.77 bits per heavy atom. The zero-order chi connectivity index (χ0) is 15.6. The average Bonchev–Trinajstić information content (AvgIpc) is 2.56. The third kappa shape index (κ3) is 3.00. The van der Waals surface area contributed by atoms with Crippen molar-refractivity contribution in [3.05, 3.63) is 54.4 Å². The lowest BCUT2D eigenvalue weighted by Crippen LogP contribution is -2.38. The number of piperidine rings is 1. The van der Waals surface area contributed by atoms with E-state index in [1.807, 2.05) is 0 Å². The molecule has 0 saturated carbocycles. The second kappa shape index (κ2) is 6.10. The molecule has 5 nitrogen and oxygen atoms in total. The summed E-state index contributed by atoms with van der Waals surface area (Å²) in [6.45, 7) is 0.863. The second-order valence-corrected chi connectivity index (χ2v) is 7.20. The van der Waals surface area contributed by atoms with Crippen molar-refractivity contribution in [1.29, 1.82) is 0 Å². The normalized spacial score (nSPS) is 17.5. The second-order valence-electron chi connectivity index (χ2n) is 5.26. The van der Waals surface area contributed by atoms with Crippen molar-refractivity contribution in [2.75, 3.05) is 13.1 Å². The fourth-order valence-corrected chi connectivity index (χ4v) is 4.14. The summed E-state index contributed by atoms with van der Waals surface area (Å²) in [6, 6.07) is 4.94. The van der Waals surface area contributed by atoms with E-state index in [2.05, 4.69) is 9.97 Å². The minimum atomic E-state index is -3.55. The Morgan fingerprint density at radius 3 is 2.36 bits per heavy atom. The van der Waals surface area contributed by atoms with Gasteiger partial charge < -0.3 is 0 Å². The molecule has 0 N–H and O–H groups in total. The topological polar surface area (TPSA) is 63.2 Å². The first-order valence-electron chi connectivity index (χ1n) is 7.09. The Kier molecular flexibility index (Phi) is 4.17. The molecule has 2 aromatic rings. The fraction of sp³-hybridized carbons (Fsp3) is 0.333. The number of aromatic nitrogens is 2. The Labute approximate surface area is 128 Å². The molecule has 0 spiro atoms. The van der Waals surface area contributed by atoms with E-state index in [0.717, 1.165) is 5.69 Å². The summed E-state index contributed by atoms with van der Waals surface area (Å²) in [6.07, 6.45) is 6.42. The molecule has 1 fully saturated rings. The third-order valence-electron chi connectivity index (χ3n) is 3.91. The lowest BCUT2D eigenvalue weighted by molar-refractivity contribution is 0.316. The van der Waals surface area contributed by atoms with Gasteiger partial charge in [0.2, 0.25) is 10.0 Å². The van der Waals surface area contributed by atoms with Gasteiger partial charge in [0, 0.05) is 37.6 Å². The monoisotopic (exact) mass is 321 g/mol. The Balaban J connectivity index is 1.72. The highest BCUT2D eigenvalue weighted by atomic mass is 32.2. The van der Waals surface area contributed by atoms with Gasteiger partial charge in [0.15, 0.2) is 0 Å². The van der Waals surface area contributed by atoms with E-state index >= 15 is 0 Å². The van der Waals surface area contributed by atoms with E-state index in [0.29, 0.717) is 25.9 Å². The van der Waals surface area contributed by atoms with Gasteiger partial charge in [-0.05, 0) is 37.1 Å². The van der Waals surface area contributed by atoms with E-state index in [4.69, 9.17) is 0 Å². The summed E-state index contributed by atoms with van der Waals surface area (Å²) >= 11 is 0. The zero-order valence-electron chi connectivity index (χ0n) is 11.9. The van der Waals surface area contributed by atoms with Crippen molar-refractivity contribution in [2.24, 2.45) is 0 Å². The van der Waals surface area contributed by atoms with Gasteiger partial charge in [0.25, 0.3) is 0 Å². The first-order chi connectivity index (χ1) is 10.6. The maximum absolute atomic E-state index is 12.9. The van der Waals surface area contributed by atoms with Crippen LogP contribution in [0.2, 0.25) is 0 Å². The molecule has 3 rings (SSSR count). The molecule has 0 amide bonds. The molecule has 0 radical (unpaired) electrons. The predicted molar refractivity (Wildman–Crippen MR) is 79.2 cm³/mol. The Morgan fingerprint density at radius 1 is 1.09 bits per heavy atom. The van der Waals surface area contributed by atoms with Gasteiger partial charge in [0.1, 0.15) is 5.82 Å². The van der Waals surface area contributed by atoms with Crippen LogP contribution in [0.1, 0.15) is 24.5 Å². The lowest BCUT2D eigenvalue weighted by atomic mass is 9.95. The highest BCUT2D eigenvalue weighted by molar-refractivity contribution is 7.89. The number of benzene rings is 1.